The molecule has 5 heteroatoms. The molecular formula is C10H19N3OS. The van der Waals surface area contributed by atoms with Crippen LogP contribution in [0, 0.1) is 0 Å². The highest BCUT2D eigenvalue weighted by Gasteiger charge is 2.02. The Bertz CT molecular complexity index is 285. The smallest absolute Gasteiger partial charge is 0.0945 e. The quantitative estimate of drug-likeness (QED) is 0.751. The van der Waals surface area contributed by atoms with Crippen molar-refractivity contribution in [3.63, 3.8) is 0 Å². The first kappa shape index (κ1) is 12.4. The molecule has 1 rings (SSSR count). The molecule has 15 heavy (non-hydrogen) atoms. The Morgan fingerprint density at radius 2 is 2.33 bits per heavy atom. The number of nitrogens with two attached hydrogens (primary N) is 1. The van der Waals surface area contributed by atoms with E-state index in [4.69, 9.17) is 5.73 Å². The maximum atomic E-state index is 11.5. The molecule has 0 spiro atoms. The van der Waals surface area contributed by atoms with Gasteiger partial charge in [0.05, 0.1) is 6.33 Å². The number of aryl methyl sites for hydroxylation is 1. The summed E-state index contributed by atoms with van der Waals surface area (Å²) in [5.74, 6) is 1.48. The van der Waals surface area contributed by atoms with Gasteiger partial charge in [0.2, 0.25) is 0 Å². The van der Waals surface area contributed by atoms with Crippen molar-refractivity contribution in [2.75, 3.05) is 11.5 Å². The van der Waals surface area contributed by atoms with Crippen LogP contribution >= 0.6 is 0 Å². The molecule has 86 valence electrons. The standard InChI is InChI=1S/C10H19N3OS/c1-10(11)3-8-15(14)7-2-5-13-6-4-12-9-13/h4,6,9-10H,2-3,5,7-8,11H2,1H3. The van der Waals surface area contributed by atoms with Crippen LogP contribution in [0.15, 0.2) is 18.7 Å². The van der Waals surface area contributed by atoms with Crippen molar-refractivity contribution in [2.24, 2.45) is 5.73 Å². The summed E-state index contributed by atoms with van der Waals surface area (Å²) in [6, 6.07) is 0.155. The Labute approximate surface area is 93.3 Å². The van der Waals surface area contributed by atoms with Crippen molar-refractivity contribution in [3.05, 3.63) is 18.7 Å². The molecule has 1 heterocycles. The molecule has 0 radical (unpaired) electrons. The Hall–Kier alpha value is -0.680. The van der Waals surface area contributed by atoms with Crippen molar-refractivity contribution in [2.45, 2.75) is 32.4 Å². The highest BCUT2D eigenvalue weighted by Crippen LogP contribution is 1.96. The summed E-state index contributed by atoms with van der Waals surface area (Å²) < 4.78 is 13.5. The second-order valence-corrected chi connectivity index (χ2v) is 5.46. The molecule has 0 aliphatic rings. The summed E-state index contributed by atoms with van der Waals surface area (Å²) in [4.78, 5) is 3.95. The van der Waals surface area contributed by atoms with Crippen molar-refractivity contribution in [1.82, 2.24) is 9.55 Å². The Morgan fingerprint density at radius 3 is 2.93 bits per heavy atom. The van der Waals surface area contributed by atoms with Crippen molar-refractivity contribution in [3.8, 4) is 0 Å². The first-order valence-electron chi connectivity index (χ1n) is 5.25. The topological polar surface area (TPSA) is 60.9 Å². The van der Waals surface area contributed by atoms with Crippen LogP contribution in [0.5, 0.6) is 0 Å². The van der Waals surface area contributed by atoms with E-state index in [0.29, 0.717) is 0 Å². The summed E-state index contributed by atoms with van der Waals surface area (Å²) >= 11 is 0. The fourth-order valence-electron chi connectivity index (χ4n) is 1.25. The third-order valence-corrected chi connectivity index (χ3v) is 3.58. The van der Waals surface area contributed by atoms with E-state index in [1.807, 2.05) is 17.7 Å². The molecule has 0 aromatic carbocycles. The molecule has 1 aromatic rings. The molecular weight excluding hydrogens is 210 g/mol. The minimum absolute atomic E-state index is 0.155. The number of hydrogen-bond acceptors (Lipinski definition) is 3. The fourth-order valence-corrected chi connectivity index (χ4v) is 2.54. The van der Waals surface area contributed by atoms with Gasteiger partial charge in [-0.05, 0) is 19.8 Å². The minimum Gasteiger partial charge on any atom is -0.337 e. The van der Waals surface area contributed by atoms with Crippen LogP contribution in [0.1, 0.15) is 19.8 Å². The lowest BCUT2D eigenvalue weighted by Gasteiger charge is -2.05. The third-order valence-electron chi connectivity index (χ3n) is 2.15. The van der Waals surface area contributed by atoms with E-state index in [2.05, 4.69) is 4.98 Å². The fraction of sp³-hybridized carbons (Fsp3) is 0.700. The van der Waals surface area contributed by atoms with Gasteiger partial charge in [0.15, 0.2) is 0 Å². The van der Waals surface area contributed by atoms with Crippen molar-refractivity contribution < 1.29 is 4.21 Å². The van der Waals surface area contributed by atoms with Crippen LogP contribution in [0.2, 0.25) is 0 Å². The predicted octanol–water partition coefficient (Wildman–Crippen LogP) is 0.759. The van der Waals surface area contributed by atoms with Gasteiger partial charge in [-0.1, -0.05) is 0 Å². The maximum absolute atomic E-state index is 11.5. The lowest BCUT2D eigenvalue weighted by atomic mass is 10.3. The number of imidazole rings is 1. The van der Waals surface area contributed by atoms with Crippen LogP contribution in [-0.4, -0.2) is 31.3 Å². The van der Waals surface area contributed by atoms with Crippen LogP contribution < -0.4 is 5.73 Å². The normalized spacial score (nSPS) is 15.1. The number of rotatable bonds is 7. The zero-order chi connectivity index (χ0) is 11.1. The van der Waals surface area contributed by atoms with Crippen LogP contribution in [0.25, 0.3) is 0 Å². The Kier molecular flexibility index (Phi) is 5.57. The molecule has 0 aliphatic heterocycles. The van der Waals surface area contributed by atoms with Gasteiger partial charge in [0, 0.05) is 47.3 Å². The second-order valence-electron chi connectivity index (χ2n) is 3.77. The molecule has 0 fully saturated rings. The van der Waals surface area contributed by atoms with Crippen LogP contribution in [-0.2, 0) is 17.3 Å². The van der Waals surface area contributed by atoms with Gasteiger partial charge < -0.3 is 10.3 Å². The van der Waals surface area contributed by atoms with Gasteiger partial charge in [-0.25, -0.2) is 4.98 Å². The van der Waals surface area contributed by atoms with Gasteiger partial charge in [0.25, 0.3) is 0 Å². The third kappa shape index (κ3) is 5.69. The molecule has 2 unspecified atom stereocenters. The predicted molar refractivity (Wildman–Crippen MR) is 63.0 cm³/mol. The summed E-state index contributed by atoms with van der Waals surface area (Å²) in [7, 11) is -0.716. The summed E-state index contributed by atoms with van der Waals surface area (Å²) in [5, 5.41) is 0. The highest BCUT2D eigenvalue weighted by molar-refractivity contribution is 7.84. The number of hydrogen-bond donors (Lipinski definition) is 1. The van der Waals surface area contributed by atoms with E-state index in [-0.39, 0.29) is 6.04 Å². The summed E-state index contributed by atoms with van der Waals surface area (Å²) in [5.41, 5.74) is 5.60. The first-order chi connectivity index (χ1) is 7.18. The van der Waals surface area contributed by atoms with E-state index >= 15 is 0 Å². The first-order valence-corrected chi connectivity index (χ1v) is 6.73. The van der Waals surface area contributed by atoms with E-state index < -0.39 is 10.8 Å². The van der Waals surface area contributed by atoms with E-state index in [1.54, 1.807) is 12.5 Å². The average molecular weight is 229 g/mol. The summed E-state index contributed by atoms with van der Waals surface area (Å²) in [6.07, 6.45) is 7.24. The SMILES string of the molecule is CC(N)CCS(=O)CCCn1ccnc1. The molecule has 2 N–H and O–H groups in total. The molecule has 1 aromatic heterocycles. The zero-order valence-electron chi connectivity index (χ0n) is 9.13. The maximum Gasteiger partial charge on any atom is 0.0945 e. The zero-order valence-corrected chi connectivity index (χ0v) is 9.95. The molecule has 0 amide bonds. The van der Waals surface area contributed by atoms with Gasteiger partial charge in [0.1, 0.15) is 0 Å². The molecule has 0 saturated carbocycles. The summed E-state index contributed by atoms with van der Waals surface area (Å²) in [6.45, 7) is 2.84. The lowest BCUT2D eigenvalue weighted by molar-refractivity contribution is 0.649. The number of aromatic nitrogens is 2. The van der Waals surface area contributed by atoms with E-state index in [9.17, 15) is 4.21 Å². The molecule has 2 atom stereocenters. The molecule has 0 saturated heterocycles. The Balaban J connectivity index is 2.07. The van der Waals surface area contributed by atoms with Crippen molar-refractivity contribution in [1.29, 1.82) is 0 Å². The molecule has 0 bridgehead atoms. The van der Waals surface area contributed by atoms with E-state index in [0.717, 1.165) is 30.9 Å². The van der Waals surface area contributed by atoms with Gasteiger partial charge >= 0.3 is 0 Å². The molecule has 4 nitrogen and oxygen atoms in total. The number of nitrogens with zero attached hydrogens (tertiary/aromatic N) is 2. The van der Waals surface area contributed by atoms with E-state index in [1.165, 1.54) is 0 Å². The largest absolute Gasteiger partial charge is 0.337 e. The Morgan fingerprint density at radius 1 is 1.53 bits per heavy atom. The van der Waals surface area contributed by atoms with Crippen molar-refractivity contribution >= 4 is 10.8 Å². The van der Waals surface area contributed by atoms with Gasteiger partial charge in [-0.15, -0.1) is 0 Å². The monoisotopic (exact) mass is 229 g/mol. The van der Waals surface area contributed by atoms with Gasteiger partial charge in [-0.2, -0.15) is 0 Å². The van der Waals surface area contributed by atoms with Crippen LogP contribution in [0.3, 0.4) is 0 Å². The van der Waals surface area contributed by atoms with Crippen LogP contribution in [0.4, 0.5) is 0 Å². The lowest BCUT2D eigenvalue weighted by Crippen LogP contribution is -2.18. The van der Waals surface area contributed by atoms with Gasteiger partial charge in [-0.3, -0.25) is 4.21 Å². The average Bonchev–Trinajstić information content (AvgIpc) is 2.67. The highest BCUT2D eigenvalue weighted by atomic mass is 32.2. The molecule has 0 aliphatic carbocycles. The second kappa shape index (κ2) is 6.74. The minimum atomic E-state index is -0.716.